The van der Waals surface area contributed by atoms with E-state index in [9.17, 15) is 4.39 Å². The van der Waals surface area contributed by atoms with E-state index in [4.69, 9.17) is 21.1 Å². The van der Waals surface area contributed by atoms with Gasteiger partial charge in [0.2, 0.25) is 11.2 Å². The summed E-state index contributed by atoms with van der Waals surface area (Å²) < 4.78 is 23.0. The van der Waals surface area contributed by atoms with Crippen LogP contribution in [0.1, 0.15) is 0 Å². The van der Waals surface area contributed by atoms with E-state index in [0.29, 0.717) is 5.69 Å². The van der Waals surface area contributed by atoms with E-state index >= 15 is 0 Å². The number of nitrogens with zero attached hydrogens (tertiary/aromatic N) is 3. The third kappa shape index (κ3) is 3.19. The van der Waals surface area contributed by atoms with Gasteiger partial charge in [-0.1, -0.05) is 0 Å². The number of hydrogen-bond donors (Lipinski definition) is 1. The maximum atomic E-state index is 13.3. The largest absolute Gasteiger partial charge is 0.494 e. The maximum Gasteiger partial charge on any atom is 0.322 e. The molecule has 1 aromatic heterocycles. The summed E-state index contributed by atoms with van der Waals surface area (Å²) in [6.45, 7) is 0. The first kappa shape index (κ1) is 13.3. The maximum absolute atomic E-state index is 13.3. The van der Waals surface area contributed by atoms with Crippen LogP contribution in [0.3, 0.4) is 0 Å². The lowest BCUT2D eigenvalue weighted by atomic mass is 10.3. The highest BCUT2D eigenvalue weighted by molar-refractivity contribution is 6.28. The molecule has 19 heavy (non-hydrogen) atoms. The molecule has 0 saturated carbocycles. The monoisotopic (exact) mass is 284 g/mol. The molecule has 2 rings (SSSR count). The number of halogens is 2. The Hall–Kier alpha value is -2.15. The predicted octanol–water partition coefficient (Wildman–Crippen LogP) is 2.42. The molecule has 2 aromatic rings. The number of benzene rings is 1. The Morgan fingerprint density at radius 3 is 2.63 bits per heavy atom. The molecule has 100 valence electrons. The van der Waals surface area contributed by atoms with Crippen LogP contribution < -0.4 is 14.8 Å². The zero-order chi connectivity index (χ0) is 13.8. The number of anilines is 2. The van der Waals surface area contributed by atoms with Gasteiger partial charge in [0.15, 0.2) is 11.6 Å². The number of methoxy groups -OCH3 is 2. The first-order valence-corrected chi connectivity index (χ1v) is 5.56. The fourth-order valence-corrected chi connectivity index (χ4v) is 1.50. The normalized spacial score (nSPS) is 10.1. The lowest BCUT2D eigenvalue weighted by Gasteiger charge is -2.08. The molecule has 6 nitrogen and oxygen atoms in total. The predicted molar refractivity (Wildman–Crippen MR) is 67.6 cm³/mol. The van der Waals surface area contributed by atoms with Gasteiger partial charge in [-0.05, 0) is 23.7 Å². The lowest BCUT2D eigenvalue weighted by Crippen LogP contribution is -2.02. The Kier molecular flexibility index (Phi) is 3.96. The van der Waals surface area contributed by atoms with Gasteiger partial charge in [-0.3, -0.25) is 0 Å². The van der Waals surface area contributed by atoms with E-state index < -0.39 is 5.82 Å². The fourth-order valence-electron chi connectivity index (χ4n) is 1.35. The summed E-state index contributed by atoms with van der Waals surface area (Å²) >= 11 is 5.71. The smallest absolute Gasteiger partial charge is 0.322 e. The molecule has 0 radical (unpaired) electrons. The zero-order valence-electron chi connectivity index (χ0n) is 10.1. The van der Waals surface area contributed by atoms with Crippen molar-refractivity contribution in [2.75, 3.05) is 19.5 Å². The summed E-state index contributed by atoms with van der Waals surface area (Å²) in [6.07, 6.45) is 0. The van der Waals surface area contributed by atoms with Crippen LogP contribution in [0.4, 0.5) is 16.0 Å². The van der Waals surface area contributed by atoms with Crippen molar-refractivity contribution in [3.63, 3.8) is 0 Å². The second-order valence-electron chi connectivity index (χ2n) is 3.39. The van der Waals surface area contributed by atoms with E-state index in [1.165, 1.54) is 32.4 Å². The average Bonchev–Trinajstić information content (AvgIpc) is 2.40. The number of hydrogen-bond acceptors (Lipinski definition) is 6. The van der Waals surface area contributed by atoms with Crippen LogP contribution in [0.15, 0.2) is 18.2 Å². The van der Waals surface area contributed by atoms with E-state index in [1.807, 2.05) is 0 Å². The second kappa shape index (κ2) is 5.66. The summed E-state index contributed by atoms with van der Waals surface area (Å²) in [6, 6.07) is 4.33. The molecule has 1 N–H and O–H groups in total. The lowest BCUT2D eigenvalue weighted by molar-refractivity contribution is 0.379. The molecular weight excluding hydrogens is 275 g/mol. The van der Waals surface area contributed by atoms with Crippen LogP contribution in [-0.4, -0.2) is 29.2 Å². The highest BCUT2D eigenvalue weighted by Gasteiger charge is 2.08. The van der Waals surface area contributed by atoms with Crippen LogP contribution in [0, 0.1) is 5.82 Å². The summed E-state index contributed by atoms with van der Waals surface area (Å²) in [5.74, 6) is -0.165. The van der Waals surface area contributed by atoms with Gasteiger partial charge < -0.3 is 14.8 Å². The first-order valence-electron chi connectivity index (χ1n) is 5.18. The van der Waals surface area contributed by atoms with Crippen LogP contribution in [-0.2, 0) is 0 Å². The second-order valence-corrected chi connectivity index (χ2v) is 3.73. The van der Waals surface area contributed by atoms with Crippen molar-refractivity contribution in [3.8, 4) is 11.8 Å². The topological polar surface area (TPSA) is 69.2 Å². The van der Waals surface area contributed by atoms with Gasteiger partial charge in [0.05, 0.1) is 14.2 Å². The van der Waals surface area contributed by atoms with Gasteiger partial charge in [0.25, 0.3) is 0 Å². The molecule has 0 bridgehead atoms. The van der Waals surface area contributed by atoms with Gasteiger partial charge in [0, 0.05) is 11.8 Å². The molecule has 0 spiro atoms. The Labute approximate surface area is 113 Å². The third-order valence-electron chi connectivity index (χ3n) is 2.18. The van der Waals surface area contributed by atoms with Crippen molar-refractivity contribution in [3.05, 3.63) is 29.3 Å². The zero-order valence-corrected chi connectivity index (χ0v) is 10.9. The molecule has 0 unspecified atom stereocenters. The summed E-state index contributed by atoms with van der Waals surface area (Å²) in [5.41, 5.74) is 0.544. The number of aromatic nitrogens is 3. The molecule has 1 heterocycles. The minimum atomic E-state index is -0.459. The first-order chi connectivity index (χ1) is 9.12. The van der Waals surface area contributed by atoms with Gasteiger partial charge in [-0.15, -0.1) is 0 Å². The Balaban J connectivity index is 2.28. The molecule has 8 heteroatoms. The molecule has 1 aromatic carbocycles. The number of ether oxygens (including phenoxy) is 2. The molecule has 0 atom stereocenters. The van der Waals surface area contributed by atoms with E-state index in [2.05, 4.69) is 20.3 Å². The van der Waals surface area contributed by atoms with Crippen LogP contribution >= 0.6 is 11.6 Å². The van der Waals surface area contributed by atoms with Crippen LogP contribution in [0.2, 0.25) is 5.28 Å². The van der Waals surface area contributed by atoms with Crippen molar-refractivity contribution in [2.24, 2.45) is 0 Å². The molecule has 0 fully saturated rings. The highest BCUT2D eigenvalue weighted by Crippen LogP contribution is 2.23. The standard InChI is InChI=1S/C11H10ClFN4O2/c1-18-8-5-6(3-4-7(8)13)14-10-15-9(12)16-11(17-10)19-2/h3-5H,1-2H3,(H,14,15,16,17). The summed E-state index contributed by atoms with van der Waals surface area (Å²) in [5, 5.41) is 2.84. The van der Waals surface area contributed by atoms with Crippen LogP contribution in [0.25, 0.3) is 0 Å². The van der Waals surface area contributed by atoms with Gasteiger partial charge in [0.1, 0.15) is 0 Å². The van der Waals surface area contributed by atoms with Crippen molar-refractivity contribution >= 4 is 23.2 Å². The van der Waals surface area contributed by atoms with Gasteiger partial charge in [-0.25, -0.2) is 4.39 Å². The van der Waals surface area contributed by atoms with E-state index in [0.717, 1.165) is 0 Å². The fraction of sp³-hybridized carbons (Fsp3) is 0.182. The van der Waals surface area contributed by atoms with Crippen molar-refractivity contribution < 1.29 is 13.9 Å². The molecule has 0 amide bonds. The average molecular weight is 285 g/mol. The Morgan fingerprint density at radius 2 is 1.95 bits per heavy atom. The van der Waals surface area contributed by atoms with Crippen molar-refractivity contribution in [1.82, 2.24) is 15.0 Å². The number of nitrogens with one attached hydrogen (secondary N) is 1. The highest BCUT2D eigenvalue weighted by atomic mass is 35.5. The third-order valence-corrected chi connectivity index (χ3v) is 2.35. The molecule has 0 aliphatic rings. The van der Waals surface area contributed by atoms with Gasteiger partial charge >= 0.3 is 6.01 Å². The van der Waals surface area contributed by atoms with Gasteiger partial charge in [-0.2, -0.15) is 15.0 Å². The Bertz CT molecular complexity index is 597. The minimum absolute atomic E-state index is 0.0107. The van der Waals surface area contributed by atoms with Crippen molar-refractivity contribution in [1.29, 1.82) is 0 Å². The molecule has 0 aliphatic carbocycles. The quantitative estimate of drug-likeness (QED) is 0.930. The van der Waals surface area contributed by atoms with Crippen LogP contribution in [0.5, 0.6) is 11.8 Å². The minimum Gasteiger partial charge on any atom is -0.494 e. The summed E-state index contributed by atoms with van der Waals surface area (Å²) in [4.78, 5) is 11.6. The van der Waals surface area contributed by atoms with E-state index in [1.54, 1.807) is 0 Å². The molecule has 0 saturated heterocycles. The molecular formula is C11H10ClFN4O2. The van der Waals surface area contributed by atoms with Crippen molar-refractivity contribution in [2.45, 2.75) is 0 Å². The van der Waals surface area contributed by atoms with E-state index in [-0.39, 0.29) is 23.0 Å². The molecule has 0 aliphatic heterocycles. The SMILES string of the molecule is COc1nc(Cl)nc(Nc2ccc(F)c(OC)c2)n1. The Morgan fingerprint density at radius 1 is 1.16 bits per heavy atom. The summed E-state index contributed by atoms with van der Waals surface area (Å²) in [7, 11) is 2.79. The number of rotatable bonds is 4.